The standard InChI is InChI=1S/C36H44N4O4/c1-2-3-4-5-6-7-8-9-10-16-25-37-33-35(40-31-20-15-14-19-30(31)38-33)44-29-23-21-28(22-24-29)34(41)39-32(36(42)43)26-27-17-12-11-13-18-27/h11-15,17-24,32H,2-10,16,25-26H2,1H3,(H,37,38)(H,39,41)(H,42,43)/t32-/m0/s1. The van der Waals surface area contributed by atoms with Gasteiger partial charge in [-0.15, -0.1) is 0 Å². The molecule has 0 aliphatic carbocycles. The number of carbonyl (C=O) groups is 2. The lowest BCUT2D eigenvalue weighted by molar-refractivity contribution is -0.139. The Morgan fingerprint density at radius 2 is 1.34 bits per heavy atom. The van der Waals surface area contributed by atoms with E-state index in [0.717, 1.165) is 36.0 Å². The Balaban J connectivity index is 1.32. The van der Waals surface area contributed by atoms with E-state index in [-0.39, 0.29) is 6.42 Å². The maximum Gasteiger partial charge on any atom is 0.326 e. The van der Waals surface area contributed by atoms with Gasteiger partial charge in [-0.3, -0.25) is 4.79 Å². The number of carboxylic acid groups (broad SMARTS) is 1. The number of rotatable bonds is 19. The fourth-order valence-corrected chi connectivity index (χ4v) is 5.07. The summed E-state index contributed by atoms with van der Waals surface area (Å²) in [6.45, 7) is 3.02. The molecule has 0 unspecified atom stereocenters. The summed E-state index contributed by atoms with van der Waals surface area (Å²) in [5, 5.41) is 15.7. The number of fused-ring (bicyclic) bond motifs is 1. The summed E-state index contributed by atoms with van der Waals surface area (Å²) in [6, 6.07) is 22.4. The molecule has 8 heteroatoms. The van der Waals surface area contributed by atoms with Gasteiger partial charge in [-0.25, -0.2) is 14.8 Å². The highest BCUT2D eigenvalue weighted by atomic mass is 16.5. The van der Waals surface area contributed by atoms with Gasteiger partial charge in [0.15, 0.2) is 5.82 Å². The molecule has 0 fully saturated rings. The molecule has 0 aliphatic rings. The van der Waals surface area contributed by atoms with E-state index in [9.17, 15) is 14.7 Å². The Labute approximate surface area is 260 Å². The van der Waals surface area contributed by atoms with Crippen molar-refractivity contribution < 1.29 is 19.4 Å². The molecule has 0 saturated carbocycles. The Morgan fingerprint density at radius 1 is 0.750 bits per heavy atom. The summed E-state index contributed by atoms with van der Waals surface area (Å²) in [4.78, 5) is 34.1. The normalized spacial score (nSPS) is 11.7. The van der Waals surface area contributed by atoms with Crippen LogP contribution in [0.2, 0.25) is 0 Å². The average molecular weight is 597 g/mol. The van der Waals surface area contributed by atoms with E-state index in [1.807, 2.05) is 54.6 Å². The first-order valence-corrected chi connectivity index (χ1v) is 15.9. The van der Waals surface area contributed by atoms with Crippen molar-refractivity contribution in [1.82, 2.24) is 15.3 Å². The fourth-order valence-electron chi connectivity index (χ4n) is 5.07. The van der Waals surface area contributed by atoms with Gasteiger partial charge in [-0.2, -0.15) is 0 Å². The first-order chi connectivity index (χ1) is 21.5. The van der Waals surface area contributed by atoms with Gasteiger partial charge in [0.05, 0.1) is 11.0 Å². The largest absolute Gasteiger partial charge is 0.480 e. The molecule has 0 saturated heterocycles. The van der Waals surface area contributed by atoms with Gasteiger partial charge in [0.25, 0.3) is 11.8 Å². The predicted molar refractivity (Wildman–Crippen MR) is 175 cm³/mol. The number of anilines is 1. The smallest absolute Gasteiger partial charge is 0.326 e. The quantitative estimate of drug-likeness (QED) is 0.0936. The molecule has 0 spiro atoms. The van der Waals surface area contributed by atoms with Crippen molar-refractivity contribution in [3.63, 3.8) is 0 Å². The highest BCUT2D eigenvalue weighted by Crippen LogP contribution is 2.29. The molecule has 3 N–H and O–H groups in total. The van der Waals surface area contributed by atoms with Crippen LogP contribution in [0.15, 0.2) is 78.9 Å². The van der Waals surface area contributed by atoms with Gasteiger partial charge < -0.3 is 20.5 Å². The Bertz CT molecular complexity index is 1460. The highest BCUT2D eigenvalue weighted by Gasteiger charge is 2.21. The van der Waals surface area contributed by atoms with Crippen LogP contribution in [0.5, 0.6) is 11.6 Å². The van der Waals surface area contributed by atoms with Crippen molar-refractivity contribution in [3.05, 3.63) is 90.0 Å². The molecular formula is C36H44N4O4. The number of nitrogens with one attached hydrogen (secondary N) is 2. The molecule has 8 nitrogen and oxygen atoms in total. The molecule has 0 bridgehead atoms. The molecule has 0 radical (unpaired) electrons. The SMILES string of the molecule is CCCCCCCCCCCCNc1nc2ccccc2nc1Oc1ccc(C(=O)N[C@@H](Cc2ccccc2)C(=O)O)cc1. The minimum Gasteiger partial charge on any atom is -0.480 e. The second kappa shape index (κ2) is 17.6. The molecule has 232 valence electrons. The van der Waals surface area contributed by atoms with Crippen LogP contribution in [0.4, 0.5) is 5.82 Å². The topological polar surface area (TPSA) is 113 Å². The number of carboxylic acids is 1. The molecular weight excluding hydrogens is 552 g/mol. The zero-order chi connectivity index (χ0) is 31.0. The van der Waals surface area contributed by atoms with Crippen LogP contribution in [0.25, 0.3) is 11.0 Å². The average Bonchev–Trinajstić information content (AvgIpc) is 3.04. The van der Waals surface area contributed by atoms with Gasteiger partial charge in [0.1, 0.15) is 11.8 Å². The number of nitrogens with zero attached hydrogens (tertiary/aromatic N) is 2. The first-order valence-electron chi connectivity index (χ1n) is 15.9. The number of ether oxygens (including phenoxy) is 1. The number of carbonyl (C=O) groups excluding carboxylic acids is 1. The van der Waals surface area contributed by atoms with E-state index >= 15 is 0 Å². The van der Waals surface area contributed by atoms with E-state index in [1.54, 1.807) is 24.3 Å². The minimum absolute atomic E-state index is 0.193. The minimum atomic E-state index is -1.09. The zero-order valence-corrected chi connectivity index (χ0v) is 25.6. The van der Waals surface area contributed by atoms with Crippen LogP contribution in [0, 0.1) is 0 Å². The number of benzene rings is 3. The van der Waals surface area contributed by atoms with Crippen LogP contribution in [0.1, 0.15) is 87.1 Å². The fraction of sp³-hybridized carbons (Fsp3) is 0.389. The maximum atomic E-state index is 12.9. The second-order valence-corrected chi connectivity index (χ2v) is 11.2. The summed E-state index contributed by atoms with van der Waals surface area (Å²) in [5.41, 5.74) is 2.67. The third-order valence-corrected chi connectivity index (χ3v) is 7.58. The van der Waals surface area contributed by atoms with Crippen LogP contribution in [-0.4, -0.2) is 39.5 Å². The van der Waals surface area contributed by atoms with E-state index in [4.69, 9.17) is 14.7 Å². The van der Waals surface area contributed by atoms with Crippen LogP contribution in [-0.2, 0) is 11.2 Å². The number of unbranched alkanes of at least 4 members (excludes halogenated alkanes) is 9. The first kappa shape index (κ1) is 32.5. The van der Waals surface area contributed by atoms with Crippen LogP contribution >= 0.6 is 0 Å². The second-order valence-electron chi connectivity index (χ2n) is 11.2. The summed E-state index contributed by atoms with van der Waals surface area (Å²) < 4.78 is 6.14. The van der Waals surface area contributed by atoms with Gasteiger partial charge in [-0.1, -0.05) is 107 Å². The van der Waals surface area contributed by atoms with Crippen molar-refractivity contribution >= 4 is 28.7 Å². The molecule has 44 heavy (non-hydrogen) atoms. The monoisotopic (exact) mass is 596 g/mol. The maximum absolute atomic E-state index is 12.9. The molecule has 0 aliphatic heterocycles. The van der Waals surface area contributed by atoms with Gasteiger partial charge in [0, 0.05) is 18.5 Å². The van der Waals surface area contributed by atoms with Crippen molar-refractivity contribution in [2.75, 3.05) is 11.9 Å². The number of para-hydroxylation sites is 2. The van der Waals surface area contributed by atoms with Crippen LogP contribution < -0.4 is 15.4 Å². The predicted octanol–water partition coefficient (Wildman–Crippen LogP) is 8.18. The number of hydrogen-bond donors (Lipinski definition) is 3. The summed E-state index contributed by atoms with van der Waals surface area (Å²) >= 11 is 0. The third-order valence-electron chi connectivity index (χ3n) is 7.58. The molecule has 1 atom stereocenters. The summed E-state index contributed by atoms with van der Waals surface area (Å²) in [6.07, 6.45) is 12.9. The zero-order valence-electron chi connectivity index (χ0n) is 25.6. The molecule has 1 aromatic heterocycles. The number of amides is 1. The van der Waals surface area contributed by atoms with Crippen molar-refractivity contribution in [1.29, 1.82) is 0 Å². The summed E-state index contributed by atoms with van der Waals surface area (Å²) in [7, 11) is 0. The Hall–Kier alpha value is -4.46. The number of hydrogen-bond acceptors (Lipinski definition) is 6. The third kappa shape index (κ3) is 10.4. The Kier molecular flexibility index (Phi) is 13.0. The molecule has 4 aromatic rings. The van der Waals surface area contributed by atoms with E-state index in [2.05, 4.69) is 17.6 Å². The lowest BCUT2D eigenvalue weighted by atomic mass is 10.1. The lowest BCUT2D eigenvalue weighted by Gasteiger charge is -2.15. The van der Waals surface area contributed by atoms with Crippen molar-refractivity contribution in [2.45, 2.75) is 83.6 Å². The molecule has 3 aromatic carbocycles. The van der Waals surface area contributed by atoms with Crippen LogP contribution in [0.3, 0.4) is 0 Å². The Morgan fingerprint density at radius 3 is 1.98 bits per heavy atom. The van der Waals surface area contributed by atoms with Gasteiger partial charge >= 0.3 is 5.97 Å². The van der Waals surface area contributed by atoms with Crippen molar-refractivity contribution in [3.8, 4) is 11.6 Å². The van der Waals surface area contributed by atoms with E-state index in [0.29, 0.717) is 23.0 Å². The van der Waals surface area contributed by atoms with Crippen molar-refractivity contribution in [2.24, 2.45) is 0 Å². The summed E-state index contributed by atoms with van der Waals surface area (Å²) in [5.74, 6) is -0.125. The molecule has 1 heterocycles. The highest BCUT2D eigenvalue weighted by molar-refractivity contribution is 5.96. The number of aliphatic carboxylic acids is 1. The van der Waals surface area contributed by atoms with E-state index < -0.39 is 17.9 Å². The van der Waals surface area contributed by atoms with E-state index in [1.165, 1.54) is 51.4 Å². The van der Waals surface area contributed by atoms with Gasteiger partial charge in [0.2, 0.25) is 0 Å². The lowest BCUT2D eigenvalue weighted by Crippen LogP contribution is -2.42. The molecule has 4 rings (SSSR count). The van der Waals surface area contributed by atoms with Gasteiger partial charge in [-0.05, 0) is 48.4 Å². The number of aromatic nitrogens is 2. The molecule has 1 amide bonds.